The molecule has 0 bridgehead atoms. The third kappa shape index (κ3) is 10.6. The SMILES string of the molecule is OCC#CCC#CCC#CCCO. The van der Waals surface area contributed by atoms with Crippen molar-refractivity contribution in [2.45, 2.75) is 19.3 Å². The largest absolute Gasteiger partial charge is 0.395 e. The summed E-state index contributed by atoms with van der Waals surface area (Å²) in [6.45, 7) is -0.0135. The van der Waals surface area contributed by atoms with Crippen molar-refractivity contribution >= 4 is 0 Å². The molecular weight excluding hydrogens is 164 g/mol. The monoisotopic (exact) mass is 176 g/mol. The van der Waals surface area contributed by atoms with Gasteiger partial charge in [-0.3, -0.25) is 0 Å². The van der Waals surface area contributed by atoms with E-state index >= 15 is 0 Å². The molecule has 68 valence electrons. The van der Waals surface area contributed by atoms with Crippen LogP contribution in [0.15, 0.2) is 0 Å². The average Bonchev–Trinajstić information content (AvgIpc) is 2.16. The Bertz CT molecular complexity index is 285. The van der Waals surface area contributed by atoms with E-state index in [-0.39, 0.29) is 13.2 Å². The van der Waals surface area contributed by atoms with Gasteiger partial charge in [0.05, 0.1) is 19.4 Å². The first-order valence-corrected chi connectivity index (χ1v) is 4.00. The van der Waals surface area contributed by atoms with Crippen LogP contribution in [0.3, 0.4) is 0 Å². The van der Waals surface area contributed by atoms with Crippen molar-refractivity contribution in [3.63, 3.8) is 0 Å². The van der Waals surface area contributed by atoms with Gasteiger partial charge in [-0.1, -0.05) is 35.5 Å². The molecule has 0 fully saturated rings. The zero-order valence-corrected chi connectivity index (χ0v) is 7.43. The summed E-state index contributed by atoms with van der Waals surface area (Å²) in [5.41, 5.74) is 0. The van der Waals surface area contributed by atoms with Gasteiger partial charge < -0.3 is 10.2 Å². The highest BCUT2D eigenvalue weighted by Gasteiger charge is 1.70. The molecule has 0 rings (SSSR count). The second-order valence-corrected chi connectivity index (χ2v) is 2.05. The maximum absolute atomic E-state index is 8.39. The zero-order valence-electron chi connectivity index (χ0n) is 7.43. The number of rotatable bonds is 1. The number of hydrogen-bond acceptors (Lipinski definition) is 2. The molecule has 0 spiro atoms. The Morgan fingerprint density at radius 1 is 0.692 bits per heavy atom. The molecule has 0 aromatic carbocycles. The molecule has 0 saturated carbocycles. The highest BCUT2D eigenvalue weighted by atomic mass is 16.3. The third-order valence-electron chi connectivity index (χ3n) is 1.04. The van der Waals surface area contributed by atoms with Gasteiger partial charge in [-0.05, 0) is 0 Å². The summed E-state index contributed by atoms with van der Waals surface area (Å²) in [5.74, 6) is 16.3. The standard InChI is InChI=1S/C11H12O2/c12-10-8-6-4-2-1-3-5-7-9-11-13/h12-13H,2,5,8,10-11H2. The number of aliphatic hydroxyl groups excluding tert-OH is 2. The summed E-state index contributed by atoms with van der Waals surface area (Å²) in [4.78, 5) is 0. The molecule has 0 aliphatic heterocycles. The van der Waals surface area contributed by atoms with E-state index in [1.54, 1.807) is 0 Å². The quantitative estimate of drug-likeness (QED) is 0.558. The van der Waals surface area contributed by atoms with Crippen molar-refractivity contribution in [2.75, 3.05) is 13.2 Å². The fourth-order valence-corrected chi connectivity index (χ4v) is 0.539. The molecule has 0 aromatic rings. The topological polar surface area (TPSA) is 40.5 Å². The Labute approximate surface area is 79.0 Å². The molecule has 13 heavy (non-hydrogen) atoms. The van der Waals surface area contributed by atoms with Gasteiger partial charge >= 0.3 is 0 Å². The second kappa shape index (κ2) is 10.6. The van der Waals surface area contributed by atoms with Crippen molar-refractivity contribution in [1.82, 2.24) is 0 Å². The molecule has 0 heterocycles. The lowest BCUT2D eigenvalue weighted by Gasteiger charge is -1.76. The van der Waals surface area contributed by atoms with Gasteiger partial charge in [0, 0.05) is 6.42 Å². The molecule has 0 saturated heterocycles. The maximum atomic E-state index is 8.39. The maximum Gasteiger partial charge on any atom is 0.104 e. The lowest BCUT2D eigenvalue weighted by molar-refractivity contribution is 0.305. The lowest BCUT2D eigenvalue weighted by Crippen LogP contribution is -1.75. The van der Waals surface area contributed by atoms with E-state index in [9.17, 15) is 0 Å². The van der Waals surface area contributed by atoms with Crippen LogP contribution in [0.4, 0.5) is 0 Å². The van der Waals surface area contributed by atoms with E-state index in [4.69, 9.17) is 10.2 Å². The highest BCUT2D eigenvalue weighted by Crippen LogP contribution is 1.76. The molecule has 0 aliphatic carbocycles. The minimum absolute atomic E-state index is 0.0996. The van der Waals surface area contributed by atoms with Gasteiger partial charge in [0.25, 0.3) is 0 Å². The van der Waals surface area contributed by atoms with Crippen LogP contribution in [0.5, 0.6) is 0 Å². The molecule has 2 heteroatoms. The fourth-order valence-electron chi connectivity index (χ4n) is 0.539. The van der Waals surface area contributed by atoms with Gasteiger partial charge in [-0.2, -0.15) is 0 Å². The van der Waals surface area contributed by atoms with Gasteiger partial charge in [0.1, 0.15) is 6.61 Å². The third-order valence-corrected chi connectivity index (χ3v) is 1.04. The first kappa shape index (κ1) is 11.6. The summed E-state index contributed by atoms with van der Waals surface area (Å²) in [7, 11) is 0. The minimum Gasteiger partial charge on any atom is -0.395 e. The van der Waals surface area contributed by atoms with Crippen molar-refractivity contribution in [2.24, 2.45) is 0 Å². The first-order chi connectivity index (χ1) is 6.41. The van der Waals surface area contributed by atoms with Crippen molar-refractivity contribution in [3.05, 3.63) is 0 Å². The van der Waals surface area contributed by atoms with Crippen LogP contribution in [0.2, 0.25) is 0 Å². The lowest BCUT2D eigenvalue weighted by atomic mass is 10.3. The van der Waals surface area contributed by atoms with Gasteiger partial charge in [0.2, 0.25) is 0 Å². The van der Waals surface area contributed by atoms with Crippen LogP contribution in [-0.4, -0.2) is 23.4 Å². The molecular formula is C11H12O2. The van der Waals surface area contributed by atoms with Crippen LogP contribution in [0, 0.1) is 35.5 Å². The van der Waals surface area contributed by atoms with E-state index in [2.05, 4.69) is 35.5 Å². The van der Waals surface area contributed by atoms with Crippen LogP contribution in [0.25, 0.3) is 0 Å². The molecule has 0 aromatic heterocycles. The summed E-state index contributed by atoms with van der Waals surface area (Å²) in [6, 6.07) is 0. The number of aliphatic hydroxyl groups is 2. The van der Waals surface area contributed by atoms with Crippen LogP contribution in [-0.2, 0) is 0 Å². The van der Waals surface area contributed by atoms with Crippen molar-refractivity contribution in [3.8, 4) is 35.5 Å². The van der Waals surface area contributed by atoms with E-state index < -0.39 is 0 Å². The van der Waals surface area contributed by atoms with E-state index in [0.717, 1.165) is 0 Å². The van der Waals surface area contributed by atoms with Crippen LogP contribution < -0.4 is 0 Å². The highest BCUT2D eigenvalue weighted by molar-refractivity contribution is 5.16. The van der Waals surface area contributed by atoms with Gasteiger partial charge in [-0.25, -0.2) is 0 Å². The average molecular weight is 176 g/mol. The fraction of sp³-hybridized carbons (Fsp3) is 0.455. The Morgan fingerprint density at radius 3 is 1.77 bits per heavy atom. The van der Waals surface area contributed by atoms with E-state index in [1.165, 1.54) is 0 Å². The van der Waals surface area contributed by atoms with Crippen LogP contribution >= 0.6 is 0 Å². The second-order valence-electron chi connectivity index (χ2n) is 2.05. The summed E-state index contributed by atoms with van der Waals surface area (Å²) in [5, 5.41) is 16.7. The normalized spacial score (nSPS) is 6.92. The van der Waals surface area contributed by atoms with Crippen molar-refractivity contribution in [1.29, 1.82) is 0 Å². The molecule has 0 aliphatic rings. The molecule has 0 atom stereocenters. The first-order valence-electron chi connectivity index (χ1n) is 4.00. The zero-order chi connectivity index (χ0) is 9.78. The molecule has 2 N–H and O–H groups in total. The minimum atomic E-state index is -0.113. The van der Waals surface area contributed by atoms with E-state index in [1.807, 2.05) is 0 Å². The smallest absolute Gasteiger partial charge is 0.104 e. The molecule has 0 amide bonds. The van der Waals surface area contributed by atoms with E-state index in [0.29, 0.717) is 19.3 Å². The van der Waals surface area contributed by atoms with Gasteiger partial charge in [0.15, 0.2) is 0 Å². The van der Waals surface area contributed by atoms with Crippen LogP contribution in [0.1, 0.15) is 19.3 Å². The number of hydrogen-bond donors (Lipinski definition) is 2. The Morgan fingerprint density at radius 2 is 1.23 bits per heavy atom. The predicted octanol–water partition coefficient (Wildman–Crippen LogP) is 0.152. The summed E-state index contributed by atoms with van der Waals surface area (Å²) < 4.78 is 0. The summed E-state index contributed by atoms with van der Waals surface area (Å²) in [6.07, 6.45) is 1.50. The van der Waals surface area contributed by atoms with Gasteiger partial charge in [-0.15, -0.1) is 0 Å². The Kier molecular flexibility index (Phi) is 9.46. The van der Waals surface area contributed by atoms with Crippen molar-refractivity contribution < 1.29 is 10.2 Å². The molecule has 0 radical (unpaired) electrons. The summed E-state index contributed by atoms with van der Waals surface area (Å²) >= 11 is 0. The predicted molar refractivity (Wildman–Crippen MR) is 51.4 cm³/mol. The molecule has 2 nitrogen and oxygen atoms in total. The Balaban J connectivity index is 3.47. The molecule has 0 unspecified atom stereocenters. The Hall–Kier alpha value is -1.40.